The molecule has 0 fully saturated rings. The molecule has 0 radical (unpaired) electrons. The van der Waals surface area contributed by atoms with Gasteiger partial charge in [0.25, 0.3) is 0 Å². The zero-order chi connectivity index (χ0) is 9.56. The van der Waals surface area contributed by atoms with Gasteiger partial charge in [-0.15, -0.1) is 0 Å². The lowest BCUT2D eigenvalue weighted by Gasteiger charge is -2.18. The van der Waals surface area contributed by atoms with Crippen LogP contribution in [0, 0.1) is 11.8 Å². The van der Waals surface area contributed by atoms with Crippen LogP contribution in [0.15, 0.2) is 11.1 Å². The Hall–Kier alpha value is 0.0300. The van der Waals surface area contributed by atoms with Crippen LogP contribution in [0.5, 0.6) is 0 Å². The molecule has 72 valence electrons. The van der Waals surface area contributed by atoms with Crippen LogP contribution in [0.25, 0.3) is 0 Å². The SMILES string of the molecule is CCC[C@@H](C=C(C)Cl)[C@@H](C)CC. The molecule has 1 heteroatoms. The minimum Gasteiger partial charge on any atom is -0.0898 e. The maximum Gasteiger partial charge on any atom is 0.0113 e. The van der Waals surface area contributed by atoms with Crippen LogP contribution in [-0.2, 0) is 0 Å². The predicted octanol–water partition coefficient (Wildman–Crippen LogP) is 4.59. The van der Waals surface area contributed by atoms with Crippen molar-refractivity contribution in [3.05, 3.63) is 11.1 Å². The van der Waals surface area contributed by atoms with E-state index in [-0.39, 0.29) is 0 Å². The summed E-state index contributed by atoms with van der Waals surface area (Å²) in [7, 11) is 0. The number of hydrogen-bond acceptors (Lipinski definition) is 0. The molecule has 0 amide bonds. The van der Waals surface area contributed by atoms with Gasteiger partial charge in [-0.05, 0) is 25.2 Å². The zero-order valence-corrected chi connectivity index (χ0v) is 9.49. The van der Waals surface area contributed by atoms with E-state index in [0.29, 0.717) is 5.92 Å². The fourth-order valence-electron chi connectivity index (χ4n) is 1.46. The van der Waals surface area contributed by atoms with Crippen LogP contribution < -0.4 is 0 Å². The summed E-state index contributed by atoms with van der Waals surface area (Å²) in [5.74, 6) is 1.44. The van der Waals surface area contributed by atoms with Gasteiger partial charge < -0.3 is 0 Å². The fraction of sp³-hybridized carbons (Fsp3) is 0.818. The molecule has 0 saturated heterocycles. The van der Waals surface area contributed by atoms with Crippen LogP contribution in [0.4, 0.5) is 0 Å². The highest BCUT2D eigenvalue weighted by molar-refractivity contribution is 6.29. The van der Waals surface area contributed by atoms with Gasteiger partial charge in [0.1, 0.15) is 0 Å². The molecular weight excluding hydrogens is 168 g/mol. The Kier molecular flexibility index (Phi) is 6.55. The maximum absolute atomic E-state index is 5.87. The van der Waals surface area contributed by atoms with Gasteiger partial charge in [-0.1, -0.05) is 51.3 Å². The molecule has 0 spiro atoms. The normalized spacial score (nSPS) is 17.6. The van der Waals surface area contributed by atoms with Crippen molar-refractivity contribution in [1.29, 1.82) is 0 Å². The minimum absolute atomic E-state index is 0.678. The van der Waals surface area contributed by atoms with Crippen LogP contribution >= 0.6 is 11.6 Å². The first-order valence-electron chi connectivity index (χ1n) is 4.95. The van der Waals surface area contributed by atoms with Gasteiger partial charge in [0, 0.05) is 5.03 Å². The van der Waals surface area contributed by atoms with E-state index in [0.717, 1.165) is 11.0 Å². The topological polar surface area (TPSA) is 0 Å². The van der Waals surface area contributed by atoms with E-state index in [4.69, 9.17) is 11.6 Å². The molecule has 0 aliphatic heterocycles. The highest BCUT2D eigenvalue weighted by Crippen LogP contribution is 2.23. The fourth-order valence-corrected chi connectivity index (χ4v) is 1.63. The number of hydrogen-bond donors (Lipinski definition) is 0. The van der Waals surface area contributed by atoms with Crippen LogP contribution in [0.2, 0.25) is 0 Å². The average Bonchev–Trinajstić information content (AvgIpc) is 2.01. The maximum atomic E-state index is 5.87. The molecule has 0 unspecified atom stereocenters. The Balaban J connectivity index is 4.12. The Labute approximate surface area is 82.0 Å². The highest BCUT2D eigenvalue weighted by atomic mass is 35.5. The average molecular weight is 189 g/mol. The molecule has 12 heavy (non-hydrogen) atoms. The van der Waals surface area contributed by atoms with Crippen molar-refractivity contribution < 1.29 is 0 Å². The molecule has 0 N–H and O–H groups in total. The van der Waals surface area contributed by atoms with Gasteiger partial charge in [-0.2, -0.15) is 0 Å². The molecule has 0 aromatic heterocycles. The molecule has 0 heterocycles. The Morgan fingerprint density at radius 2 is 2.00 bits per heavy atom. The third-order valence-electron chi connectivity index (χ3n) is 2.44. The van der Waals surface area contributed by atoms with Gasteiger partial charge in [0.15, 0.2) is 0 Å². The summed E-state index contributed by atoms with van der Waals surface area (Å²) in [6.07, 6.45) is 5.96. The standard InChI is InChI=1S/C11H21Cl/c1-5-7-11(8-10(4)12)9(3)6-2/h8-9,11H,5-7H2,1-4H3/t9-,11-/m0/s1. The summed E-state index contributed by atoms with van der Waals surface area (Å²) in [6, 6.07) is 0. The highest BCUT2D eigenvalue weighted by Gasteiger charge is 2.11. The minimum atomic E-state index is 0.678. The van der Waals surface area contributed by atoms with Crippen molar-refractivity contribution in [2.45, 2.75) is 47.0 Å². The zero-order valence-electron chi connectivity index (χ0n) is 8.73. The first-order valence-corrected chi connectivity index (χ1v) is 5.33. The van der Waals surface area contributed by atoms with E-state index in [1.165, 1.54) is 19.3 Å². The van der Waals surface area contributed by atoms with Crippen molar-refractivity contribution in [1.82, 2.24) is 0 Å². The summed E-state index contributed by atoms with van der Waals surface area (Å²) >= 11 is 5.87. The second-order valence-corrected chi connectivity index (χ2v) is 4.19. The van der Waals surface area contributed by atoms with E-state index in [1.807, 2.05) is 6.92 Å². The van der Waals surface area contributed by atoms with Crippen molar-refractivity contribution in [3.63, 3.8) is 0 Å². The van der Waals surface area contributed by atoms with Gasteiger partial charge >= 0.3 is 0 Å². The first-order chi connectivity index (χ1) is 5.61. The van der Waals surface area contributed by atoms with Crippen LogP contribution in [0.3, 0.4) is 0 Å². The number of halogens is 1. The summed E-state index contributed by atoms with van der Waals surface area (Å²) < 4.78 is 0. The molecule has 0 nitrogen and oxygen atoms in total. The molecule has 0 saturated carbocycles. The summed E-state index contributed by atoms with van der Waals surface area (Å²) in [5, 5.41) is 0.939. The number of rotatable bonds is 5. The lowest BCUT2D eigenvalue weighted by atomic mass is 9.88. The molecular formula is C11H21Cl. The summed E-state index contributed by atoms with van der Waals surface area (Å²) in [4.78, 5) is 0. The van der Waals surface area contributed by atoms with E-state index in [1.54, 1.807) is 0 Å². The lowest BCUT2D eigenvalue weighted by Crippen LogP contribution is -2.08. The third kappa shape index (κ3) is 4.82. The van der Waals surface area contributed by atoms with Crippen LogP contribution in [0.1, 0.15) is 47.0 Å². The lowest BCUT2D eigenvalue weighted by molar-refractivity contribution is 0.389. The molecule has 2 atom stereocenters. The first kappa shape index (κ1) is 12.0. The number of allylic oxidation sites excluding steroid dienone is 2. The van der Waals surface area contributed by atoms with Gasteiger partial charge in [-0.25, -0.2) is 0 Å². The Morgan fingerprint density at radius 1 is 1.42 bits per heavy atom. The largest absolute Gasteiger partial charge is 0.0898 e. The monoisotopic (exact) mass is 188 g/mol. The second-order valence-electron chi connectivity index (χ2n) is 3.59. The Bertz CT molecular complexity index is 134. The van der Waals surface area contributed by atoms with Crippen molar-refractivity contribution in [3.8, 4) is 0 Å². The summed E-state index contributed by atoms with van der Waals surface area (Å²) in [6.45, 7) is 8.74. The molecule has 0 aliphatic rings. The van der Waals surface area contributed by atoms with Crippen molar-refractivity contribution >= 4 is 11.6 Å². The van der Waals surface area contributed by atoms with Gasteiger partial charge in [0.2, 0.25) is 0 Å². The second kappa shape index (κ2) is 6.54. The van der Waals surface area contributed by atoms with Gasteiger partial charge in [-0.3, -0.25) is 0 Å². The van der Waals surface area contributed by atoms with E-state index in [2.05, 4.69) is 26.8 Å². The molecule has 0 aromatic carbocycles. The van der Waals surface area contributed by atoms with E-state index in [9.17, 15) is 0 Å². The quantitative estimate of drug-likeness (QED) is 0.592. The third-order valence-corrected chi connectivity index (χ3v) is 2.57. The van der Waals surface area contributed by atoms with E-state index >= 15 is 0 Å². The summed E-state index contributed by atoms with van der Waals surface area (Å²) in [5.41, 5.74) is 0. The van der Waals surface area contributed by atoms with Crippen molar-refractivity contribution in [2.75, 3.05) is 0 Å². The smallest absolute Gasteiger partial charge is 0.0113 e. The van der Waals surface area contributed by atoms with Crippen LogP contribution in [-0.4, -0.2) is 0 Å². The Morgan fingerprint density at radius 3 is 2.33 bits per heavy atom. The molecule has 0 aromatic rings. The van der Waals surface area contributed by atoms with E-state index < -0.39 is 0 Å². The van der Waals surface area contributed by atoms with Crippen molar-refractivity contribution in [2.24, 2.45) is 11.8 Å². The molecule has 0 bridgehead atoms. The molecule has 0 aliphatic carbocycles. The predicted molar refractivity (Wildman–Crippen MR) is 57.5 cm³/mol. The van der Waals surface area contributed by atoms with Gasteiger partial charge in [0.05, 0.1) is 0 Å². The molecule has 0 rings (SSSR count).